The fourth-order valence-electron chi connectivity index (χ4n) is 1.28. The molecule has 0 saturated carbocycles. The predicted octanol–water partition coefficient (Wildman–Crippen LogP) is 0.683. The molecule has 6 heteroatoms. The van der Waals surface area contributed by atoms with Crippen molar-refractivity contribution < 1.29 is 8.42 Å². The van der Waals surface area contributed by atoms with Gasteiger partial charge in [-0.1, -0.05) is 0 Å². The Labute approximate surface area is 101 Å². The van der Waals surface area contributed by atoms with Gasteiger partial charge < -0.3 is 10.6 Å². The Morgan fingerprint density at radius 2 is 2.00 bits per heavy atom. The second-order valence-corrected chi connectivity index (χ2v) is 7.45. The van der Waals surface area contributed by atoms with Gasteiger partial charge in [0.1, 0.15) is 9.84 Å². The van der Waals surface area contributed by atoms with Gasteiger partial charge in [-0.15, -0.1) is 11.3 Å². The lowest BCUT2D eigenvalue weighted by molar-refractivity contribution is 0.349. The molecule has 0 bridgehead atoms. The normalized spacial score (nSPS) is 12.2. The Morgan fingerprint density at radius 1 is 1.38 bits per heavy atom. The summed E-state index contributed by atoms with van der Waals surface area (Å²) in [5.41, 5.74) is 5.53. The van der Waals surface area contributed by atoms with Crippen LogP contribution >= 0.6 is 11.3 Å². The zero-order chi connectivity index (χ0) is 12.2. The molecule has 0 aliphatic rings. The third-order valence-corrected chi connectivity index (χ3v) is 4.20. The van der Waals surface area contributed by atoms with Gasteiger partial charge in [-0.05, 0) is 19.2 Å². The highest BCUT2D eigenvalue weighted by Gasteiger charge is 2.07. The van der Waals surface area contributed by atoms with E-state index in [4.69, 9.17) is 5.73 Å². The van der Waals surface area contributed by atoms with Crippen LogP contribution in [0, 0.1) is 0 Å². The number of hydrogen-bond donors (Lipinski definition) is 1. The summed E-state index contributed by atoms with van der Waals surface area (Å²) in [6, 6.07) is 4.06. The third-order valence-electron chi connectivity index (χ3n) is 2.19. The van der Waals surface area contributed by atoms with Gasteiger partial charge >= 0.3 is 0 Å². The second kappa shape index (κ2) is 5.77. The molecular formula is C10H18N2O2S2. The van der Waals surface area contributed by atoms with E-state index in [-0.39, 0.29) is 5.75 Å². The highest BCUT2D eigenvalue weighted by molar-refractivity contribution is 7.90. The largest absolute Gasteiger partial charge is 0.326 e. The molecule has 2 N–H and O–H groups in total. The minimum absolute atomic E-state index is 0.207. The van der Waals surface area contributed by atoms with E-state index in [0.29, 0.717) is 13.1 Å². The molecule has 0 atom stereocenters. The summed E-state index contributed by atoms with van der Waals surface area (Å²) in [7, 11) is -0.946. The molecule has 0 fully saturated rings. The van der Waals surface area contributed by atoms with Crippen molar-refractivity contribution in [1.29, 1.82) is 0 Å². The van der Waals surface area contributed by atoms with Gasteiger partial charge in [0.15, 0.2) is 0 Å². The van der Waals surface area contributed by atoms with Crippen LogP contribution in [0.15, 0.2) is 12.1 Å². The first kappa shape index (κ1) is 13.6. The molecule has 1 aromatic rings. The van der Waals surface area contributed by atoms with E-state index in [1.807, 2.05) is 24.1 Å². The maximum absolute atomic E-state index is 11.0. The monoisotopic (exact) mass is 262 g/mol. The second-order valence-electron chi connectivity index (χ2n) is 3.94. The maximum atomic E-state index is 11.0. The van der Waals surface area contributed by atoms with E-state index in [0.717, 1.165) is 11.4 Å². The van der Waals surface area contributed by atoms with Gasteiger partial charge in [-0.25, -0.2) is 8.42 Å². The van der Waals surface area contributed by atoms with Crippen LogP contribution in [0.1, 0.15) is 9.75 Å². The quantitative estimate of drug-likeness (QED) is 0.819. The molecule has 0 saturated heterocycles. The summed E-state index contributed by atoms with van der Waals surface area (Å²) in [6.45, 7) is 1.91. The standard InChI is InChI=1S/C10H18N2O2S2/c1-12(5-6-16(2,13)14)8-10-4-3-9(7-11)15-10/h3-4H,5-8,11H2,1-2H3. The SMILES string of the molecule is CN(CCS(C)(=O)=O)Cc1ccc(CN)s1. The van der Waals surface area contributed by atoms with Crippen LogP contribution in [0.5, 0.6) is 0 Å². The summed E-state index contributed by atoms with van der Waals surface area (Å²) in [5, 5.41) is 0. The first-order chi connectivity index (χ1) is 7.40. The maximum Gasteiger partial charge on any atom is 0.148 e. The Hall–Kier alpha value is -0.430. The van der Waals surface area contributed by atoms with Gasteiger partial charge in [0.25, 0.3) is 0 Å². The van der Waals surface area contributed by atoms with E-state index < -0.39 is 9.84 Å². The number of sulfone groups is 1. The van der Waals surface area contributed by atoms with Crippen molar-refractivity contribution in [3.8, 4) is 0 Å². The Bertz CT molecular complexity index is 426. The Morgan fingerprint density at radius 3 is 2.50 bits per heavy atom. The number of thiophene rings is 1. The average Bonchev–Trinajstić information content (AvgIpc) is 2.61. The topological polar surface area (TPSA) is 63.4 Å². The predicted molar refractivity (Wildman–Crippen MR) is 68.3 cm³/mol. The summed E-state index contributed by atoms with van der Waals surface area (Å²) in [6.07, 6.45) is 1.26. The molecule has 0 amide bonds. The molecule has 1 rings (SSSR count). The number of nitrogens with two attached hydrogens (primary N) is 1. The van der Waals surface area contributed by atoms with Crippen LogP contribution in [0.3, 0.4) is 0 Å². The highest BCUT2D eigenvalue weighted by Crippen LogP contribution is 2.17. The van der Waals surface area contributed by atoms with Crippen molar-refractivity contribution in [3.05, 3.63) is 21.9 Å². The van der Waals surface area contributed by atoms with E-state index in [1.165, 1.54) is 11.1 Å². The van der Waals surface area contributed by atoms with E-state index in [9.17, 15) is 8.42 Å². The van der Waals surface area contributed by atoms with Crippen LogP contribution < -0.4 is 5.73 Å². The summed E-state index contributed by atoms with van der Waals surface area (Å²) >= 11 is 1.68. The lowest BCUT2D eigenvalue weighted by atomic mass is 10.4. The molecule has 1 aromatic heterocycles. The van der Waals surface area contributed by atoms with Crippen molar-refractivity contribution in [1.82, 2.24) is 4.90 Å². The van der Waals surface area contributed by atoms with E-state index >= 15 is 0 Å². The molecule has 0 aliphatic heterocycles. The van der Waals surface area contributed by atoms with Gasteiger partial charge in [0.2, 0.25) is 0 Å². The van der Waals surface area contributed by atoms with Crippen LogP contribution in [0.25, 0.3) is 0 Å². The fourth-order valence-corrected chi connectivity index (χ4v) is 2.90. The lowest BCUT2D eigenvalue weighted by Gasteiger charge is -2.14. The molecule has 0 aliphatic carbocycles. The third kappa shape index (κ3) is 5.07. The first-order valence-corrected chi connectivity index (χ1v) is 7.92. The van der Waals surface area contributed by atoms with E-state index in [1.54, 1.807) is 11.3 Å². The zero-order valence-corrected chi connectivity index (χ0v) is 11.3. The molecule has 0 spiro atoms. The summed E-state index contributed by atoms with van der Waals surface area (Å²) < 4.78 is 22.0. The van der Waals surface area contributed by atoms with Crippen molar-refractivity contribution in [3.63, 3.8) is 0 Å². The van der Waals surface area contributed by atoms with Crippen LogP contribution in [-0.2, 0) is 22.9 Å². The zero-order valence-electron chi connectivity index (χ0n) is 9.64. The average molecular weight is 262 g/mol. The molecule has 0 aromatic carbocycles. The molecule has 92 valence electrons. The van der Waals surface area contributed by atoms with E-state index in [2.05, 4.69) is 0 Å². The first-order valence-electron chi connectivity index (χ1n) is 5.04. The number of nitrogens with zero attached hydrogens (tertiary/aromatic N) is 1. The van der Waals surface area contributed by atoms with Gasteiger partial charge in [0, 0.05) is 35.6 Å². The van der Waals surface area contributed by atoms with Crippen LogP contribution in [0.2, 0.25) is 0 Å². The van der Waals surface area contributed by atoms with Crippen LogP contribution in [-0.4, -0.2) is 38.9 Å². The summed E-state index contributed by atoms with van der Waals surface area (Å²) in [5.74, 6) is 0.207. The Kier molecular flexibility index (Phi) is 4.91. The smallest absolute Gasteiger partial charge is 0.148 e. The van der Waals surface area contributed by atoms with Crippen LogP contribution in [0.4, 0.5) is 0 Å². The van der Waals surface area contributed by atoms with Gasteiger partial charge in [0.05, 0.1) is 5.75 Å². The molecular weight excluding hydrogens is 244 g/mol. The molecule has 0 unspecified atom stereocenters. The number of hydrogen-bond acceptors (Lipinski definition) is 5. The summed E-state index contributed by atoms with van der Waals surface area (Å²) in [4.78, 5) is 4.38. The molecule has 1 heterocycles. The van der Waals surface area contributed by atoms with Crippen molar-refractivity contribution in [2.45, 2.75) is 13.1 Å². The van der Waals surface area contributed by atoms with Crippen molar-refractivity contribution in [2.75, 3.05) is 25.6 Å². The molecule has 0 radical (unpaired) electrons. The van der Waals surface area contributed by atoms with Gasteiger partial charge in [-0.2, -0.15) is 0 Å². The molecule has 16 heavy (non-hydrogen) atoms. The van der Waals surface area contributed by atoms with Crippen molar-refractivity contribution in [2.24, 2.45) is 5.73 Å². The minimum Gasteiger partial charge on any atom is -0.326 e. The van der Waals surface area contributed by atoms with Gasteiger partial charge in [-0.3, -0.25) is 0 Å². The fraction of sp³-hybridized carbons (Fsp3) is 0.600. The number of rotatable bonds is 6. The van der Waals surface area contributed by atoms with Crippen molar-refractivity contribution >= 4 is 21.2 Å². The highest BCUT2D eigenvalue weighted by atomic mass is 32.2. The minimum atomic E-state index is -2.87. The lowest BCUT2D eigenvalue weighted by Crippen LogP contribution is -2.24. The Balaban J connectivity index is 2.42. The molecule has 4 nitrogen and oxygen atoms in total.